The molecule has 1 aromatic heterocycles. The summed E-state index contributed by atoms with van der Waals surface area (Å²) < 4.78 is 5.38. The fourth-order valence-corrected chi connectivity index (χ4v) is 3.24. The smallest absolute Gasteiger partial charge is 0.265 e. The highest BCUT2D eigenvalue weighted by atomic mass is 32.1. The first kappa shape index (κ1) is 13.3. The molecule has 2 heterocycles. The Labute approximate surface area is 121 Å². The lowest BCUT2D eigenvalue weighted by Gasteiger charge is -2.10. The number of ether oxygens (including phenoxy) is 1. The van der Waals surface area contributed by atoms with Crippen LogP contribution in [0.5, 0.6) is 0 Å². The van der Waals surface area contributed by atoms with Gasteiger partial charge < -0.3 is 15.2 Å². The second-order valence-electron chi connectivity index (χ2n) is 4.67. The summed E-state index contributed by atoms with van der Waals surface area (Å²) in [6.45, 7) is 1.29. The number of amides is 1. The minimum atomic E-state index is -0.112. The zero-order valence-electron chi connectivity index (χ0n) is 10.9. The lowest BCUT2D eigenvalue weighted by molar-refractivity contribution is 0.102. The number of hydrogen-bond donors (Lipinski definition) is 2. The molecule has 0 bridgehead atoms. The van der Waals surface area contributed by atoms with E-state index in [-0.39, 0.29) is 12.5 Å². The van der Waals surface area contributed by atoms with Crippen molar-refractivity contribution in [1.29, 1.82) is 0 Å². The van der Waals surface area contributed by atoms with Gasteiger partial charge in [-0.3, -0.25) is 4.79 Å². The third-order valence-corrected chi connectivity index (χ3v) is 4.45. The van der Waals surface area contributed by atoms with Crippen LogP contribution in [0.3, 0.4) is 0 Å². The van der Waals surface area contributed by atoms with E-state index in [1.807, 2.05) is 24.3 Å². The Balaban J connectivity index is 1.77. The van der Waals surface area contributed by atoms with Gasteiger partial charge in [0.1, 0.15) is 0 Å². The normalized spacial score (nSPS) is 13.8. The van der Waals surface area contributed by atoms with Gasteiger partial charge in [-0.2, -0.15) is 0 Å². The van der Waals surface area contributed by atoms with Crippen LogP contribution < -0.4 is 5.32 Å². The minimum Gasteiger partial charge on any atom is -0.392 e. The lowest BCUT2D eigenvalue weighted by Crippen LogP contribution is -2.10. The van der Waals surface area contributed by atoms with Crippen molar-refractivity contribution in [2.45, 2.75) is 19.6 Å². The summed E-state index contributed by atoms with van der Waals surface area (Å²) in [6.07, 6.45) is 0.882. The van der Waals surface area contributed by atoms with Gasteiger partial charge in [-0.1, -0.05) is 12.1 Å². The second-order valence-corrected chi connectivity index (χ2v) is 5.81. The monoisotopic (exact) mass is 289 g/mol. The predicted molar refractivity (Wildman–Crippen MR) is 78.0 cm³/mol. The van der Waals surface area contributed by atoms with E-state index in [0.29, 0.717) is 17.2 Å². The summed E-state index contributed by atoms with van der Waals surface area (Å²) in [4.78, 5) is 14.2. The van der Waals surface area contributed by atoms with E-state index in [2.05, 4.69) is 5.32 Å². The van der Waals surface area contributed by atoms with Gasteiger partial charge >= 0.3 is 0 Å². The van der Waals surface area contributed by atoms with Crippen molar-refractivity contribution in [1.82, 2.24) is 0 Å². The number of thiophene rings is 1. The molecule has 20 heavy (non-hydrogen) atoms. The van der Waals surface area contributed by atoms with Gasteiger partial charge in [0.25, 0.3) is 5.91 Å². The van der Waals surface area contributed by atoms with E-state index < -0.39 is 0 Å². The number of anilines is 1. The number of hydrogen-bond acceptors (Lipinski definition) is 4. The molecule has 2 N–H and O–H groups in total. The van der Waals surface area contributed by atoms with Crippen LogP contribution in [0.1, 0.15) is 25.7 Å². The summed E-state index contributed by atoms with van der Waals surface area (Å²) >= 11 is 1.53. The van der Waals surface area contributed by atoms with Crippen LogP contribution in [0, 0.1) is 0 Å². The Morgan fingerprint density at radius 3 is 3.10 bits per heavy atom. The van der Waals surface area contributed by atoms with E-state index >= 15 is 0 Å². The Hall–Kier alpha value is -1.69. The van der Waals surface area contributed by atoms with Crippen LogP contribution in [-0.2, 0) is 24.4 Å². The first-order chi connectivity index (χ1) is 9.76. The quantitative estimate of drug-likeness (QED) is 0.913. The SMILES string of the molecule is O=C(Nc1cccc(CO)c1)c1cc2c(s1)CCOC2. The molecular weight excluding hydrogens is 274 g/mol. The van der Waals surface area contributed by atoms with Crippen molar-refractivity contribution in [3.63, 3.8) is 0 Å². The number of carbonyl (C=O) groups is 1. The number of carbonyl (C=O) groups excluding carboxylic acids is 1. The van der Waals surface area contributed by atoms with Crippen LogP contribution in [0.15, 0.2) is 30.3 Å². The first-order valence-electron chi connectivity index (χ1n) is 6.47. The molecule has 1 aliphatic rings. The maximum atomic E-state index is 12.2. The molecule has 1 amide bonds. The molecule has 0 radical (unpaired) electrons. The maximum absolute atomic E-state index is 12.2. The highest BCUT2D eigenvalue weighted by Crippen LogP contribution is 2.27. The number of aliphatic hydroxyl groups is 1. The summed E-state index contributed by atoms with van der Waals surface area (Å²) in [5.74, 6) is -0.112. The lowest BCUT2D eigenvalue weighted by atomic mass is 10.2. The number of rotatable bonds is 3. The fraction of sp³-hybridized carbons (Fsp3) is 0.267. The van der Waals surface area contributed by atoms with Gasteiger partial charge in [-0.15, -0.1) is 11.3 Å². The Morgan fingerprint density at radius 1 is 1.40 bits per heavy atom. The first-order valence-corrected chi connectivity index (χ1v) is 7.28. The number of nitrogens with one attached hydrogen (secondary N) is 1. The molecule has 0 atom stereocenters. The molecule has 4 nitrogen and oxygen atoms in total. The average Bonchev–Trinajstić information content (AvgIpc) is 2.91. The molecule has 0 aliphatic carbocycles. The maximum Gasteiger partial charge on any atom is 0.265 e. The van der Waals surface area contributed by atoms with Crippen LogP contribution in [-0.4, -0.2) is 17.6 Å². The van der Waals surface area contributed by atoms with Crippen LogP contribution in [0.25, 0.3) is 0 Å². The van der Waals surface area contributed by atoms with E-state index in [0.717, 1.165) is 24.2 Å². The van der Waals surface area contributed by atoms with Crippen molar-refractivity contribution in [3.05, 3.63) is 51.2 Å². The van der Waals surface area contributed by atoms with Crippen molar-refractivity contribution in [2.75, 3.05) is 11.9 Å². The molecule has 2 aromatic rings. The van der Waals surface area contributed by atoms with Gasteiger partial charge in [0, 0.05) is 17.0 Å². The van der Waals surface area contributed by atoms with Gasteiger partial charge in [0.05, 0.1) is 24.7 Å². The molecule has 0 fully saturated rings. The fourth-order valence-electron chi connectivity index (χ4n) is 2.20. The Morgan fingerprint density at radius 2 is 2.30 bits per heavy atom. The van der Waals surface area contributed by atoms with Gasteiger partial charge in [-0.25, -0.2) is 0 Å². The van der Waals surface area contributed by atoms with Gasteiger partial charge in [-0.05, 0) is 29.3 Å². The third kappa shape index (κ3) is 2.75. The molecule has 3 rings (SSSR count). The van der Waals surface area contributed by atoms with Crippen molar-refractivity contribution in [3.8, 4) is 0 Å². The molecule has 0 saturated heterocycles. The predicted octanol–water partition coefficient (Wildman–Crippen LogP) is 2.57. The number of aliphatic hydroxyl groups excluding tert-OH is 1. The topological polar surface area (TPSA) is 58.6 Å². The minimum absolute atomic E-state index is 0.0334. The standard InChI is InChI=1S/C15H15NO3S/c17-8-10-2-1-3-12(6-10)16-15(18)14-7-11-9-19-5-4-13(11)20-14/h1-3,6-7,17H,4-5,8-9H2,(H,16,18). The van der Waals surface area contributed by atoms with E-state index in [4.69, 9.17) is 9.84 Å². The average molecular weight is 289 g/mol. The molecule has 1 aliphatic heterocycles. The molecule has 1 aromatic carbocycles. The molecule has 104 valence electrons. The van der Waals surface area contributed by atoms with Gasteiger partial charge in [0.2, 0.25) is 0 Å². The van der Waals surface area contributed by atoms with Crippen molar-refractivity contribution >= 4 is 22.9 Å². The third-order valence-electron chi connectivity index (χ3n) is 3.22. The Kier molecular flexibility index (Phi) is 3.82. The summed E-state index contributed by atoms with van der Waals surface area (Å²) in [5.41, 5.74) is 2.60. The number of fused-ring (bicyclic) bond motifs is 1. The Bertz CT molecular complexity index is 612. The summed E-state index contributed by atoms with van der Waals surface area (Å²) in [5, 5.41) is 12.0. The molecular formula is C15H15NO3S. The zero-order chi connectivity index (χ0) is 13.9. The highest BCUT2D eigenvalue weighted by molar-refractivity contribution is 7.14. The van der Waals surface area contributed by atoms with Crippen LogP contribution in [0.2, 0.25) is 0 Å². The molecule has 5 heteroatoms. The highest BCUT2D eigenvalue weighted by Gasteiger charge is 2.17. The molecule has 0 saturated carbocycles. The van der Waals surface area contributed by atoms with E-state index in [9.17, 15) is 4.79 Å². The molecule has 0 unspecified atom stereocenters. The summed E-state index contributed by atoms with van der Waals surface area (Å²) in [6, 6.07) is 9.12. The second kappa shape index (κ2) is 5.75. The zero-order valence-corrected chi connectivity index (χ0v) is 11.7. The number of benzene rings is 1. The van der Waals surface area contributed by atoms with E-state index in [1.54, 1.807) is 6.07 Å². The summed E-state index contributed by atoms with van der Waals surface area (Å²) in [7, 11) is 0. The van der Waals surface area contributed by atoms with Crippen LogP contribution >= 0.6 is 11.3 Å². The van der Waals surface area contributed by atoms with Crippen molar-refractivity contribution < 1.29 is 14.6 Å². The largest absolute Gasteiger partial charge is 0.392 e. The van der Waals surface area contributed by atoms with Crippen LogP contribution in [0.4, 0.5) is 5.69 Å². The van der Waals surface area contributed by atoms with Gasteiger partial charge in [0.15, 0.2) is 0 Å². The molecule has 0 spiro atoms. The van der Waals surface area contributed by atoms with E-state index in [1.165, 1.54) is 16.2 Å². The van der Waals surface area contributed by atoms with Crippen molar-refractivity contribution in [2.24, 2.45) is 0 Å².